The molecule has 0 spiro atoms. The fourth-order valence-corrected chi connectivity index (χ4v) is 2.47. The van der Waals surface area contributed by atoms with Crippen molar-refractivity contribution in [3.8, 4) is 0 Å². The van der Waals surface area contributed by atoms with Gasteiger partial charge in [-0.15, -0.1) is 0 Å². The topological polar surface area (TPSA) is 123 Å². The first kappa shape index (κ1) is 14.1. The molecule has 1 aliphatic rings. The van der Waals surface area contributed by atoms with Crippen molar-refractivity contribution in [3.63, 3.8) is 0 Å². The molecule has 0 saturated carbocycles. The lowest BCUT2D eigenvalue weighted by Crippen LogP contribution is -2.24. The highest BCUT2D eigenvalue weighted by Crippen LogP contribution is 2.29. The molecule has 2 aromatic heterocycles. The van der Waals surface area contributed by atoms with Crippen LogP contribution in [0.2, 0.25) is 0 Å². The summed E-state index contributed by atoms with van der Waals surface area (Å²) in [6, 6.07) is 0. The highest BCUT2D eigenvalue weighted by Gasteiger charge is 2.35. The van der Waals surface area contributed by atoms with E-state index in [2.05, 4.69) is 9.97 Å². The number of hydrogen-bond acceptors (Lipinski definition) is 7. The zero-order valence-electron chi connectivity index (χ0n) is 11.2. The summed E-state index contributed by atoms with van der Waals surface area (Å²) in [5.74, 6) is 0. The highest BCUT2D eigenvalue weighted by atomic mass is 16.5. The third-order valence-electron chi connectivity index (χ3n) is 3.59. The molecule has 0 bridgehead atoms. The molecule has 1 fully saturated rings. The van der Waals surface area contributed by atoms with Crippen molar-refractivity contribution in [2.24, 2.45) is 0 Å². The van der Waals surface area contributed by atoms with E-state index in [0.29, 0.717) is 5.65 Å². The molecule has 3 atom stereocenters. The van der Waals surface area contributed by atoms with Crippen LogP contribution >= 0.6 is 0 Å². The van der Waals surface area contributed by atoms with Crippen LogP contribution in [0.25, 0.3) is 11.2 Å². The van der Waals surface area contributed by atoms with Gasteiger partial charge in [-0.05, 0) is 0 Å². The minimum absolute atomic E-state index is 0.153. The molecule has 9 heteroatoms. The Bertz CT molecular complexity index is 697. The van der Waals surface area contributed by atoms with Gasteiger partial charge in [-0.2, -0.15) is 0 Å². The van der Waals surface area contributed by atoms with Crippen LogP contribution in [-0.2, 0) is 11.3 Å². The fourth-order valence-electron chi connectivity index (χ4n) is 2.47. The van der Waals surface area contributed by atoms with Crippen molar-refractivity contribution in [2.45, 2.75) is 31.4 Å². The summed E-state index contributed by atoms with van der Waals surface area (Å²) in [7, 11) is 0. The number of rotatable bonds is 4. The smallest absolute Gasteiger partial charge is 0.281 e. The maximum Gasteiger partial charge on any atom is 0.281 e. The largest absolute Gasteiger partial charge is 0.395 e. The minimum atomic E-state index is -0.771. The molecule has 0 unspecified atom stereocenters. The Morgan fingerprint density at radius 2 is 2.14 bits per heavy atom. The van der Waals surface area contributed by atoms with Crippen molar-refractivity contribution in [3.05, 3.63) is 23.0 Å². The Morgan fingerprint density at radius 3 is 2.81 bits per heavy atom. The number of aromatic nitrogens is 4. The molecule has 3 heterocycles. The first-order valence-electron chi connectivity index (χ1n) is 6.63. The Labute approximate surface area is 119 Å². The van der Waals surface area contributed by atoms with Crippen molar-refractivity contribution in [1.29, 1.82) is 0 Å². The second-order valence-corrected chi connectivity index (χ2v) is 4.91. The third-order valence-corrected chi connectivity index (χ3v) is 3.59. The molecule has 114 valence electrons. The number of nitrogens with zero attached hydrogens (tertiary/aromatic N) is 4. The average Bonchev–Trinajstić information content (AvgIpc) is 3.05. The standard InChI is InChI=1S/C12H16N4O5/c17-2-1-15-5-14-11-10(12(15)20)13-6-16(11)9-3-7(19)8(4-18)21-9/h5-9,17-19H,1-4H2/t7-,8+,9+/m0/s1. The summed E-state index contributed by atoms with van der Waals surface area (Å²) in [4.78, 5) is 20.3. The van der Waals surface area contributed by atoms with E-state index in [4.69, 9.17) is 14.9 Å². The van der Waals surface area contributed by atoms with Gasteiger partial charge >= 0.3 is 0 Å². The van der Waals surface area contributed by atoms with Gasteiger partial charge in [0.2, 0.25) is 0 Å². The number of aliphatic hydroxyl groups is 3. The van der Waals surface area contributed by atoms with E-state index < -0.39 is 18.4 Å². The monoisotopic (exact) mass is 296 g/mol. The molecule has 0 aliphatic carbocycles. The second-order valence-electron chi connectivity index (χ2n) is 4.91. The van der Waals surface area contributed by atoms with Crippen LogP contribution in [0.15, 0.2) is 17.4 Å². The molecule has 1 saturated heterocycles. The summed E-state index contributed by atoms with van der Waals surface area (Å²) < 4.78 is 8.37. The fraction of sp³-hybridized carbons (Fsp3) is 0.583. The molecule has 9 nitrogen and oxygen atoms in total. The number of aliphatic hydroxyl groups excluding tert-OH is 3. The molecule has 2 aromatic rings. The molecule has 1 aliphatic heterocycles. The number of fused-ring (bicyclic) bond motifs is 1. The highest BCUT2D eigenvalue weighted by molar-refractivity contribution is 5.69. The third kappa shape index (κ3) is 2.33. The Hall–Kier alpha value is -1.81. The van der Waals surface area contributed by atoms with E-state index in [1.807, 2.05) is 0 Å². The predicted octanol–water partition coefficient (Wildman–Crippen LogP) is -1.77. The summed E-state index contributed by atoms with van der Waals surface area (Å²) in [6.07, 6.45) is 1.11. The second kappa shape index (κ2) is 5.53. The summed E-state index contributed by atoms with van der Waals surface area (Å²) in [5.41, 5.74) is 0.187. The lowest BCUT2D eigenvalue weighted by molar-refractivity contribution is -0.0432. The van der Waals surface area contributed by atoms with Gasteiger partial charge in [0.15, 0.2) is 11.2 Å². The van der Waals surface area contributed by atoms with E-state index in [0.717, 1.165) is 0 Å². The maximum atomic E-state index is 12.1. The zero-order chi connectivity index (χ0) is 15.0. The molecule has 0 radical (unpaired) electrons. The lowest BCUT2D eigenvalue weighted by atomic mass is 10.2. The summed E-state index contributed by atoms with van der Waals surface area (Å²) >= 11 is 0. The molecule has 0 amide bonds. The van der Waals surface area contributed by atoms with E-state index in [9.17, 15) is 9.90 Å². The Balaban J connectivity index is 1.98. The average molecular weight is 296 g/mol. The molecule has 0 aromatic carbocycles. The van der Waals surface area contributed by atoms with Crippen LogP contribution in [0.4, 0.5) is 0 Å². The number of ether oxygens (including phenoxy) is 1. The van der Waals surface area contributed by atoms with Gasteiger partial charge in [-0.25, -0.2) is 9.97 Å². The molecule has 3 rings (SSSR count). The molecular weight excluding hydrogens is 280 g/mol. The van der Waals surface area contributed by atoms with Crippen molar-refractivity contribution < 1.29 is 20.1 Å². The van der Waals surface area contributed by atoms with Crippen LogP contribution in [0.5, 0.6) is 0 Å². The van der Waals surface area contributed by atoms with Gasteiger partial charge in [0.1, 0.15) is 18.7 Å². The van der Waals surface area contributed by atoms with Gasteiger partial charge in [-0.3, -0.25) is 13.9 Å². The van der Waals surface area contributed by atoms with Gasteiger partial charge in [-0.1, -0.05) is 0 Å². The normalized spacial score (nSPS) is 25.8. The molecular formula is C12H16N4O5. The van der Waals surface area contributed by atoms with Gasteiger partial charge in [0.25, 0.3) is 5.56 Å². The maximum absolute atomic E-state index is 12.1. The quantitative estimate of drug-likeness (QED) is 0.610. The van der Waals surface area contributed by atoms with Crippen molar-refractivity contribution in [1.82, 2.24) is 19.1 Å². The zero-order valence-corrected chi connectivity index (χ0v) is 11.2. The van der Waals surface area contributed by atoms with Crippen LogP contribution < -0.4 is 5.56 Å². The molecule has 21 heavy (non-hydrogen) atoms. The van der Waals surface area contributed by atoms with E-state index in [1.165, 1.54) is 17.2 Å². The predicted molar refractivity (Wildman–Crippen MR) is 70.5 cm³/mol. The molecule has 3 N–H and O–H groups in total. The van der Waals surface area contributed by atoms with Gasteiger partial charge in [0, 0.05) is 6.42 Å². The first-order valence-corrected chi connectivity index (χ1v) is 6.63. The van der Waals surface area contributed by atoms with E-state index >= 15 is 0 Å². The Kier molecular flexibility index (Phi) is 3.72. The van der Waals surface area contributed by atoms with E-state index in [-0.39, 0.29) is 37.3 Å². The van der Waals surface area contributed by atoms with Crippen molar-refractivity contribution >= 4 is 11.2 Å². The Morgan fingerprint density at radius 1 is 1.33 bits per heavy atom. The summed E-state index contributed by atoms with van der Waals surface area (Å²) in [6.45, 7) is -0.287. The minimum Gasteiger partial charge on any atom is -0.395 e. The van der Waals surface area contributed by atoms with Gasteiger partial charge in [0.05, 0.1) is 32.2 Å². The number of hydrogen-bond donors (Lipinski definition) is 3. The SMILES string of the molecule is O=c1c2ncn([C@H]3C[C@H](O)[C@@H](CO)O3)c2ncn1CCO. The van der Waals surface area contributed by atoms with Crippen LogP contribution in [0, 0.1) is 0 Å². The summed E-state index contributed by atoms with van der Waals surface area (Å²) in [5, 5.41) is 27.8. The van der Waals surface area contributed by atoms with Crippen LogP contribution in [0.1, 0.15) is 12.6 Å². The first-order chi connectivity index (χ1) is 10.2. The van der Waals surface area contributed by atoms with Crippen LogP contribution in [0.3, 0.4) is 0 Å². The lowest BCUT2D eigenvalue weighted by Gasteiger charge is -2.13. The van der Waals surface area contributed by atoms with Crippen LogP contribution in [-0.4, -0.2) is 59.8 Å². The van der Waals surface area contributed by atoms with E-state index in [1.54, 1.807) is 4.57 Å². The van der Waals surface area contributed by atoms with Gasteiger partial charge < -0.3 is 20.1 Å². The number of imidazole rings is 1. The van der Waals surface area contributed by atoms with Crippen molar-refractivity contribution in [2.75, 3.05) is 13.2 Å².